The first kappa shape index (κ1) is 17.4. The predicted octanol–water partition coefficient (Wildman–Crippen LogP) is 3.22. The van der Waals surface area contributed by atoms with Crippen LogP contribution in [-0.2, 0) is 10.0 Å². The zero-order chi connectivity index (χ0) is 15.6. The minimum Gasteiger partial charge on any atom is -0.314 e. The summed E-state index contributed by atoms with van der Waals surface area (Å²) in [6.07, 6.45) is 1.87. The van der Waals surface area contributed by atoms with E-state index in [2.05, 4.69) is 35.1 Å². The standard InChI is InChI=1S/C14H23BrN2O2S2/c1-10(2)16-9-12-4-6-17(7-5-12)21(18,19)13-8-11(3)14(15)20-13/h8,10,12,16H,4-7,9H2,1-3H3. The molecule has 21 heavy (non-hydrogen) atoms. The third-order valence-electron chi connectivity index (χ3n) is 3.82. The van der Waals surface area contributed by atoms with Crippen LogP contribution in [0.25, 0.3) is 0 Å². The van der Waals surface area contributed by atoms with E-state index in [1.54, 1.807) is 10.4 Å². The van der Waals surface area contributed by atoms with Crippen molar-refractivity contribution in [2.75, 3.05) is 19.6 Å². The molecule has 1 saturated heterocycles. The molecule has 1 aromatic rings. The number of piperidine rings is 1. The molecule has 0 radical (unpaired) electrons. The summed E-state index contributed by atoms with van der Waals surface area (Å²) in [5.41, 5.74) is 0.981. The van der Waals surface area contributed by atoms with Crippen molar-refractivity contribution in [2.24, 2.45) is 5.92 Å². The van der Waals surface area contributed by atoms with E-state index in [1.807, 2.05) is 6.92 Å². The second-order valence-corrected chi connectivity index (χ2v) is 10.5. The zero-order valence-electron chi connectivity index (χ0n) is 12.7. The van der Waals surface area contributed by atoms with E-state index < -0.39 is 10.0 Å². The highest BCUT2D eigenvalue weighted by Gasteiger charge is 2.30. The van der Waals surface area contributed by atoms with Crippen LogP contribution in [0.2, 0.25) is 0 Å². The zero-order valence-corrected chi connectivity index (χ0v) is 15.9. The van der Waals surface area contributed by atoms with Crippen molar-refractivity contribution >= 4 is 37.3 Å². The third kappa shape index (κ3) is 4.28. The summed E-state index contributed by atoms with van der Waals surface area (Å²) in [5, 5.41) is 3.44. The molecule has 0 bridgehead atoms. The molecule has 1 aliphatic rings. The molecule has 1 aromatic heterocycles. The fourth-order valence-electron chi connectivity index (χ4n) is 2.44. The van der Waals surface area contributed by atoms with Gasteiger partial charge in [0.1, 0.15) is 4.21 Å². The molecular formula is C14H23BrN2O2S2. The fourth-order valence-corrected chi connectivity index (χ4v) is 6.29. The smallest absolute Gasteiger partial charge is 0.252 e. The Morgan fingerprint density at radius 2 is 2.05 bits per heavy atom. The van der Waals surface area contributed by atoms with Gasteiger partial charge in [0.25, 0.3) is 10.0 Å². The van der Waals surface area contributed by atoms with Crippen molar-refractivity contribution in [2.45, 2.75) is 43.9 Å². The lowest BCUT2D eigenvalue weighted by Gasteiger charge is -2.31. The molecule has 1 N–H and O–H groups in total. The summed E-state index contributed by atoms with van der Waals surface area (Å²) in [5.74, 6) is 0.579. The first-order chi connectivity index (χ1) is 9.80. The van der Waals surface area contributed by atoms with Gasteiger partial charge in [-0.05, 0) is 59.8 Å². The molecule has 7 heteroatoms. The Hall–Kier alpha value is 0.0500. The van der Waals surface area contributed by atoms with Crippen LogP contribution in [0.1, 0.15) is 32.3 Å². The Bertz CT molecular complexity index is 556. The normalized spacial score (nSPS) is 18.5. The molecule has 0 atom stereocenters. The highest BCUT2D eigenvalue weighted by atomic mass is 79.9. The van der Waals surface area contributed by atoms with Crippen LogP contribution >= 0.6 is 27.3 Å². The second-order valence-electron chi connectivity index (χ2n) is 5.93. The summed E-state index contributed by atoms with van der Waals surface area (Å²) in [6.45, 7) is 8.43. The van der Waals surface area contributed by atoms with Crippen LogP contribution in [0.5, 0.6) is 0 Å². The van der Waals surface area contributed by atoms with Gasteiger partial charge in [-0.3, -0.25) is 0 Å². The summed E-state index contributed by atoms with van der Waals surface area (Å²) >= 11 is 4.71. The van der Waals surface area contributed by atoms with Gasteiger partial charge in [0.2, 0.25) is 0 Å². The van der Waals surface area contributed by atoms with Crippen molar-refractivity contribution in [1.82, 2.24) is 9.62 Å². The van der Waals surface area contributed by atoms with E-state index in [0.717, 1.165) is 28.7 Å². The average Bonchev–Trinajstić information content (AvgIpc) is 2.77. The van der Waals surface area contributed by atoms with Crippen molar-refractivity contribution < 1.29 is 8.42 Å². The number of nitrogens with one attached hydrogen (secondary N) is 1. The van der Waals surface area contributed by atoms with Gasteiger partial charge in [0.15, 0.2) is 0 Å². The molecule has 2 rings (SSSR count). The van der Waals surface area contributed by atoms with Gasteiger partial charge >= 0.3 is 0 Å². The molecular weight excluding hydrogens is 372 g/mol. The lowest BCUT2D eigenvalue weighted by atomic mass is 9.98. The van der Waals surface area contributed by atoms with Crippen LogP contribution in [0, 0.1) is 12.8 Å². The summed E-state index contributed by atoms with van der Waals surface area (Å²) < 4.78 is 28.2. The first-order valence-electron chi connectivity index (χ1n) is 7.30. The second kappa shape index (κ2) is 7.08. The maximum atomic E-state index is 12.6. The van der Waals surface area contributed by atoms with Crippen molar-refractivity contribution in [1.29, 1.82) is 0 Å². The molecule has 0 aliphatic carbocycles. The Morgan fingerprint density at radius 3 is 2.52 bits per heavy atom. The van der Waals surface area contributed by atoms with Gasteiger partial charge in [-0.15, -0.1) is 11.3 Å². The topological polar surface area (TPSA) is 49.4 Å². The van der Waals surface area contributed by atoms with E-state index in [9.17, 15) is 8.42 Å². The SMILES string of the molecule is Cc1cc(S(=O)(=O)N2CCC(CNC(C)C)CC2)sc1Br. The van der Waals surface area contributed by atoms with E-state index in [1.165, 1.54) is 11.3 Å². The highest BCUT2D eigenvalue weighted by molar-refractivity contribution is 9.11. The molecule has 2 heterocycles. The van der Waals surface area contributed by atoms with Gasteiger partial charge in [0, 0.05) is 19.1 Å². The Kier molecular flexibility index (Phi) is 5.87. The largest absolute Gasteiger partial charge is 0.314 e. The predicted molar refractivity (Wildman–Crippen MR) is 91.4 cm³/mol. The quantitative estimate of drug-likeness (QED) is 0.833. The number of halogens is 1. The van der Waals surface area contributed by atoms with Gasteiger partial charge in [0.05, 0.1) is 3.79 Å². The van der Waals surface area contributed by atoms with Crippen molar-refractivity contribution in [3.63, 3.8) is 0 Å². The van der Waals surface area contributed by atoms with Crippen LogP contribution in [0.4, 0.5) is 0 Å². The molecule has 0 spiro atoms. The molecule has 120 valence electrons. The Morgan fingerprint density at radius 1 is 1.43 bits per heavy atom. The maximum Gasteiger partial charge on any atom is 0.252 e. The van der Waals surface area contributed by atoms with Crippen LogP contribution in [-0.4, -0.2) is 38.4 Å². The molecule has 0 aromatic carbocycles. The lowest BCUT2D eigenvalue weighted by molar-refractivity contribution is 0.264. The molecule has 0 amide bonds. The summed E-state index contributed by atoms with van der Waals surface area (Å²) in [6, 6.07) is 2.24. The first-order valence-corrected chi connectivity index (χ1v) is 10.3. The molecule has 0 unspecified atom stereocenters. The van der Waals surface area contributed by atoms with Gasteiger partial charge in [-0.25, -0.2) is 8.42 Å². The number of aryl methyl sites for hydroxylation is 1. The van der Waals surface area contributed by atoms with Gasteiger partial charge in [-0.1, -0.05) is 13.8 Å². The van der Waals surface area contributed by atoms with Crippen molar-refractivity contribution in [3.05, 3.63) is 15.4 Å². The van der Waals surface area contributed by atoms with Gasteiger partial charge < -0.3 is 5.32 Å². The Labute approximate surface area is 140 Å². The third-order valence-corrected chi connectivity index (χ3v) is 8.30. The Balaban J connectivity index is 1.98. The van der Waals surface area contributed by atoms with Crippen LogP contribution in [0.3, 0.4) is 0 Å². The molecule has 0 saturated carbocycles. The minimum atomic E-state index is -3.32. The summed E-state index contributed by atoms with van der Waals surface area (Å²) in [7, 11) is -3.32. The monoisotopic (exact) mass is 394 g/mol. The lowest BCUT2D eigenvalue weighted by Crippen LogP contribution is -2.41. The van der Waals surface area contributed by atoms with Crippen molar-refractivity contribution in [3.8, 4) is 0 Å². The number of sulfonamides is 1. The number of hydrogen-bond donors (Lipinski definition) is 1. The number of hydrogen-bond acceptors (Lipinski definition) is 4. The minimum absolute atomic E-state index is 0.450. The van der Waals surface area contributed by atoms with Gasteiger partial charge in [-0.2, -0.15) is 4.31 Å². The van der Waals surface area contributed by atoms with E-state index in [4.69, 9.17) is 0 Å². The van der Waals surface area contributed by atoms with Crippen LogP contribution < -0.4 is 5.32 Å². The molecule has 4 nitrogen and oxygen atoms in total. The van der Waals surface area contributed by atoms with Crippen LogP contribution in [0.15, 0.2) is 14.1 Å². The maximum absolute atomic E-state index is 12.6. The highest BCUT2D eigenvalue weighted by Crippen LogP contribution is 2.33. The van der Waals surface area contributed by atoms with E-state index >= 15 is 0 Å². The number of nitrogens with zero attached hydrogens (tertiary/aromatic N) is 1. The van der Waals surface area contributed by atoms with E-state index in [-0.39, 0.29) is 0 Å². The average molecular weight is 395 g/mol. The fraction of sp³-hybridized carbons (Fsp3) is 0.714. The molecule has 1 aliphatic heterocycles. The molecule has 1 fully saturated rings. The summed E-state index contributed by atoms with van der Waals surface area (Å²) in [4.78, 5) is 0. The number of rotatable bonds is 5. The number of thiophene rings is 1. The van der Waals surface area contributed by atoms with E-state index in [0.29, 0.717) is 29.3 Å².